The summed E-state index contributed by atoms with van der Waals surface area (Å²) in [6, 6.07) is 0. The summed E-state index contributed by atoms with van der Waals surface area (Å²) in [7, 11) is 0. The Balaban J connectivity index is 3.50. The van der Waals surface area contributed by atoms with Gasteiger partial charge in [-0.15, -0.1) is 0 Å². The average molecular weight is 128 g/mol. The predicted octanol–water partition coefficient (Wildman–Crippen LogP) is 1.67. The first-order chi connectivity index (χ1) is 4.16. The SMILES string of the molecule is CC=C[C@@H](C)CC(=O)O. The highest BCUT2D eigenvalue weighted by molar-refractivity contribution is 5.67. The van der Waals surface area contributed by atoms with Crippen molar-refractivity contribution in [2.45, 2.75) is 20.3 Å². The van der Waals surface area contributed by atoms with E-state index in [1.807, 2.05) is 26.0 Å². The van der Waals surface area contributed by atoms with Gasteiger partial charge in [-0.2, -0.15) is 0 Å². The van der Waals surface area contributed by atoms with Crippen LogP contribution in [0.5, 0.6) is 0 Å². The molecule has 0 rings (SSSR count). The van der Waals surface area contributed by atoms with Gasteiger partial charge in [0.2, 0.25) is 0 Å². The number of allylic oxidation sites excluding steroid dienone is 2. The molecule has 52 valence electrons. The quantitative estimate of drug-likeness (QED) is 0.587. The smallest absolute Gasteiger partial charge is 0.303 e. The Kier molecular flexibility index (Phi) is 3.76. The first-order valence-corrected chi connectivity index (χ1v) is 3.01. The molecule has 2 nitrogen and oxygen atoms in total. The molecule has 2 heteroatoms. The number of carbonyl (C=O) groups is 1. The molecule has 0 unspecified atom stereocenters. The van der Waals surface area contributed by atoms with Gasteiger partial charge in [-0.1, -0.05) is 19.1 Å². The zero-order valence-corrected chi connectivity index (χ0v) is 5.79. The lowest BCUT2D eigenvalue weighted by molar-refractivity contribution is -0.137. The van der Waals surface area contributed by atoms with Gasteiger partial charge in [-0.3, -0.25) is 4.79 Å². The van der Waals surface area contributed by atoms with Crippen molar-refractivity contribution < 1.29 is 9.90 Å². The van der Waals surface area contributed by atoms with E-state index in [-0.39, 0.29) is 12.3 Å². The Bertz CT molecular complexity index is 116. The molecule has 0 heterocycles. The molecule has 0 saturated carbocycles. The minimum absolute atomic E-state index is 0.160. The van der Waals surface area contributed by atoms with Crippen LogP contribution in [0.3, 0.4) is 0 Å². The molecule has 9 heavy (non-hydrogen) atoms. The maximum atomic E-state index is 10.1. The van der Waals surface area contributed by atoms with Crippen LogP contribution in [0.2, 0.25) is 0 Å². The maximum Gasteiger partial charge on any atom is 0.303 e. The van der Waals surface area contributed by atoms with Crippen molar-refractivity contribution >= 4 is 5.97 Å². The predicted molar refractivity (Wildman–Crippen MR) is 36.2 cm³/mol. The van der Waals surface area contributed by atoms with E-state index in [2.05, 4.69) is 0 Å². The zero-order chi connectivity index (χ0) is 7.28. The van der Waals surface area contributed by atoms with Crippen molar-refractivity contribution in [1.82, 2.24) is 0 Å². The molecule has 0 aromatic carbocycles. The average Bonchev–Trinajstić information content (AvgIpc) is 1.63. The molecule has 0 aromatic rings. The molecule has 0 spiro atoms. The van der Waals surface area contributed by atoms with Crippen molar-refractivity contribution in [2.24, 2.45) is 5.92 Å². The topological polar surface area (TPSA) is 37.3 Å². The van der Waals surface area contributed by atoms with Gasteiger partial charge in [-0.05, 0) is 12.8 Å². The molecule has 0 aromatic heterocycles. The van der Waals surface area contributed by atoms with E-state index in [9.17, 15) is 4.79 Å². The fraction of sp³-hybridized carbons (Fsp3) is 0.571. The highest BCUT2D eigenvalue weighted by Gasteiger charge is 2.01. The zero-order valence-electron chi connectivity index (χ0n) is 5.79. The van der Waals surface area contributed by atoms with Crippen LogP contribution in [0.1, 0.15) is 20.3 Å². The summed E-state index contributed by atoms with van der Waals surface area (Å²) in [6.45, 7) is 3.77. The van der Waals surface area contributed by atoms with E-state index in [4.69, 9.17) is 5.11 Å². The molecule has 0 aliphatic heterocycles. The van der Waals surface area contributed by atoms with Crippen LogP contribution in [-0.4, -0.2) is 11.1 Å². The fourth-order valence-electron chi connectivity index (χ4n) is 0.672. The summed E-state index contributed by atoms with van der Waals surface area (Å²) in [6.07, 6.45) is 3.98. The number of carboxylic acids is 1. The molecular weight excluding hydrogens is 116 g/mol. The van der Waals surface area contributed by atoms with E-state index in [0.29, 0.717) is 0 Å². The maximum absolute atomic E-state index is 10.1. The third-order valence-electron chi connectivity index (χ3n) is 1.02. The number of hydrogen-bond donors (Lipinski definition) is 1. The highest BCUT2D eigenvalue weighted by Crippen LogP contribution is 2.02. The van der Waals surface area contributed by atoms with Gasteiger partial charge in [0.25, 0.3) is 0 Å². The lowest BCUT2D eigenvalue weighted by Gasteiger charge is -1.98. The molecule has 1 atom stereocenters. The van der Waals surface area contributed by atoms with E-state index in [0.717, 1.165) is 0 Å². The minimum Gasteiger partial charge on any atom is -0.481 e. The molecule has 1 N–H and O–H groups in total. The van der Waals surface area contributed by atoms with Crippen molar-refractivity contribution in [3.8, 4) is 0 Å². The summed E-state index contributed by atoms with van der Waals surface area (Å²) >= 11 is 0. The lowest BCUT2D eigenvalue weighted by atomic mass is 10.1. The first-order valence-electron chi connectivity index (χ1n) is 3.01. The standard InChI is InChI=1S/C7H12O2/c1-3-4-6(2)5-7(8)9/h3-4,6H,5H2,1-2H3,(H,8,9)/t6-/m1/s1. The number of aliphatic carboxylic acids is 1. The Labute approximate surface area is 55.2 Å². The fourth-order valence-corrected chi connectivity index (χ4v) is 0.672. The molecule has 0 aliphatic carbocycles. The van der Waals surface area contributed by atoms with Crippen LogP contribution < -0.4 is 0 Å². The second-order valence-electron chi connectivity index (χ2n) is 2.10. The van der Waals surface area contributed by atoms with Crippen LogP contribution in [0.25, 0.3) is 0 Å². The van der Waals surface area contributed by atoms with Crippen molar-refractivity contribution in [3.05, 3.63) is 12.2 Å². The summed E-state index contributed by atoms with van der Waals surface area (Å²) in [5, 5.41) is 8.28. The van der Waals surface area contributed by atoms with Gasteiger partial charge in [-0.25, -0.2) is 0 Å². The molecule has 0 aliphatic rings. The molecular formula is C7H12O2. The lowest BCUT2D eigenvalue weighted by Crippen LogP contribution is -2.00. The molecule has 0 amide bonds. The summed E-state index contributed by atoms with van der Waals surface area (Å²) in [5.41, 5.74) is 0. The number of rotatable bonds is 3. The Hall–Kier alpha value is -0.790. The van der Waals surface area contributed by atoms with Crippen LogP contribution in [-0.2, 0) is 4.79 Å². The normalized spacial score (nSPS) is 14.0. The van der Waals surface area contributed by atoms with Crippen molar-refractivity contribution in [2.75, 3.05) is 0 Å². The van der Waals surface area contributed by atoms with Gasteiger partial charge >= 0.3 is 5.97 Å². The third-order valence-corrected chi connectivity index (χ3v) is 1.02. The minimum atomic E-state index is -0.736. The van der Waals surface area contributed by atoms with Gasteiger partial charge in [0, 0.05) is 0 Å². The monoisotopic (exact) mass is 128 g/mol. The number of carboxylic acid groups (broad SMARTS) is 1. The second kappa shape index (κ2) is 4.13. The van der Waals surface area contributed by atoms with E-state index in [1.54, 1.807) is 0 Å². The Morgan fingerprint density at radius 2 is 2.33 bits per heavy atom. The van der Waals surface area contributed by atoms with Crippen LogP contribution in [0, 0.1) is 5.92 Å². The van der Waals surface area contributed by atoms with Gasteiger partial charge in [0.05, 0.1) is 6.42 Å². The summed E-state index contributed by atoms with van der Waals surface area (Å²) in [5.74, 6) is -0.576. The molecule has 0 bridgehead atoms. The Morgan fingerprint density at radius 3 is 2.67 bits per heavy atom. The largest absolute Gasteiger partial charge is 0.481 e. The molecule has 0 saturated heterocycles. The first kappa shape index (κ1) is 8.21. The van der Waals surface area contributed by atoms with E-state index >= 15 is 0 Å². The van der Waals surface area contributed by atoms with Crippen molar-refractivity contribution in [1.29, 1.82) is 0 Å². The molecule has 0 radical (unpaired) electrons. The van der Waals surface area contributed by atoms with Crippen LogP contribution in [0.4, 0.5) is 0 Å². The number of hydrogen-bond acceptors (Lipinski definition) is 1. The highest BCUT2D eigenvalue weighted by atomic mass is 16.4. The van der Waals surface area contributed by atoms with Gasteiger partial charge in [0.1, 0.15) is 0 Å². The van der Waals surface area contributed by atoms with Crippen LogP contribution >= 0.6 is 0 Å². The van der Waals surface area contributed by atoms with Crippen molar-refractivity contribution in [3.63, 3.8) is 0 Å². The van der Waals surface area contributed by atoms with E-state index < -0.39 is 5.97 Å². The molecule has 0 fully saturated rings. The van der Waals surface area contributed by atoms with Gasteiger partial charge in [0.15, 0.2) is 0 Å². The summed E-state index contributed by atoms with van der Waals surface area (Å²) in [4.78, 5) is 10.1. The van der Waals surface area contributed by atoms with E-state index in [1.165, 1.54) is 0 Å². The third kappa shape index (κ3) is 5.07. The summed E-state index contributed by atoms with van der Waals surface area (Å²) < 4.78 is 0. The Morgan fingerprint density at radius 1 is 1.78 bits per heavy atom. The second-order valence-corrected chi connectivity index (χ2v) is 2.10. The van der Waals surface area contributed by atoms with Crippen LogP contribution in [0.15, 0.2) is 12.2 Å². The van der Waals surface area contributed by atoms with Gasteiger partial charge < -0.3 is 5.11 Å².